The summed E-state index contributed by atoms with van der Waals surface area (Å²) < 4.78 is 1.64. The summed E-state index contributed by atoms with van der Waals surface area (Å²) in [6.07, 6.45) is 3.46. The minimum Gasteiger partial charge on any atom is -0.867 e. The van der Waals surface area contributed by atoms with Gasteiger partial charge < -0.3 is 10.4 Å². The number of hydrogen-bond acceptors (Lipinski definition) is 4. The van der Waals surface area contributed by atoms with Gasteiger partial charge in [0.25, 0.3) is 5.69 Å². The minimum atomic E-state index is -0.502. The van der Waals surface area contributed by atoms with Crippen LogP contribution in [-0.4, -0.2) is 9.91 Å². The van der Waals surface area contributed by atoms with E-state index >= 15 is 0 Å². The second kappa shape index (κ2) is 8.73. The highest BCUT2D eigenvalue weighted by molar-refractivity contribution is 7.81. The van der Waals surface area contributed by atoms with Gasteiger partial charge in [0.15, 0.2) is 17.4 Å². The molecular formula is C24H17N3O3S. The van der Waals surface area contributed by atoms with Gasteiger partial charge in [-0.3, -0.25) is 10.1 Å². The topological polar surface area (TPSA) is 82.1 Å². The van der Waals surface area contributed by atoms with Crippen LogP contribution in [0.3, 0.4) is 0 Å². The summed E-state index contributed by atoms with van der Waals surface area (Å²) in [7, 11) is 0. The third-order valence-corrected chi connectivity index (χ3v) is 5.08. The zero-order chi connectivity index (χ0) is 21.8. The maximum atomic E-state index is 13.4. The first-order valence-electron chi connectivity index (χ1n) is 9.46. The summed E-state index contributed by atoms with van der Waals surface area (Å²) in [5.41, 5.74) is 1.26. The molecule has 6 nitrogen and oxygen atoms in total. The predicted molar refractivity (Wildman–Crippen MR) is 123 cm³/mol. The van der Waals surface area contributed by atoms with Crippen LogP contribution in [0.4, 0.5) is 11.4 Å². The Morgan fingerprint density at radius 2 is 1.55 bits per heavy atom. The Bertz CT molecular complexity index is 1300. The van der Waals surface area contributed by atoms with Crippen LogP contribution >= 0.6 is 12.2 Å². The summed E-state index contributed by atoms with van der Waals surface area (Å²) in [6, 6.07) is 24.6. The quantitative estimate of drug-likeness (QED) is 0.129. The molecular weight excluding hydrogens is 410 g/mol. The van der Waals surface area contributed by atoms with E-state index in [1.807, 2.05) is 48.5 Å². The minimum absolute atomic E-state index is 0.0816. The molecule has 0 unspecified atom stereocenters. The third kappa shape index (κ3) is 4.26. The molecule has 0 aliphatic rings. The second-order valence-electron chi connectivity index (χ2n) is 6.75. The number of fused-ring (bicyclic) bond motifs is 1. The molecule has 0 radical (unpaired) electrons. The average molecular weight is 427 g/mol. The van der Waals surface area contributed by atoms with E-state index in [-0.39, 0.29) is 22.1 Å². The second-order valence-corrected chi connectivity index (χ2v) is 7.15. The number of anilines is 1. The maximum absolute atomic E-state index is 13.4. The summed E-state index contributed by atoms with van der Waals surface area (Å²) in [5.74, 6) is -0.344. The van der Waals surface area contributed by atoms with Gasteiger partial charge in [0, 0.05) is 35.3 Å². The standard InChI is InChI=1S/C24H17N3O3S/c28-23(18-11-13-19(14-12-18)27(29)30)22(26-15-4-1-5-16-26)24(31)25-21-10-6-8-17-7-2-3-9-20(17)21/h1-16H,(H-,25,28,31). The fourth-order valence-corrected chi connectivity index (χ4v) is 3.58. The van der Waals surface area contributed by atoms with Crippen molar-refractivity contribution in [1.82, 2.24) is 0 Å². The number of hydrogen-bond donors (Lipinski definition) is 1. The van der Waals surface area contributed by atoms with Gasteiger partial charge in [-0.2, -0.15) is 4.57 Å². The van der Waals surface area contributed by atoms with Crippen LogP contribution in [0.2, 0.25) is 0 Å². The van der Waals surface area contributed by atoms with Gasteiger partial charge >= 0.3 is 0 Å². The number of benzene rings is 3. The molecule has 1 aromatic heterocycles. The number of nitrogens with zero attached hydrogens (tertiary/aromatic N) is 2. The van der Waals surface area contributed by atoms with Gasteiger partial charge in [-0.25, -0.2) is 0 Å². The van der Waals surface area contributed by atoms with E-state index in [1.165, 1.54) is 24.3 Å². The lowest BCUT2D eigenvalue weighted by Gasteiger charge is -2.17. The highest BCUT2D eigenvalue weighted by Crippen LogP contribution is 2.25. The molecule has 152 valence electrons. The Labute approximate surface area is 183 Å². The van der Waals surface area contributed by atoms with Crippen molar-refractivity contribution < 1.29 is 14.6 Å². The number of nitro groups is 1. The van der Waals surface area contributed by atoms with E-state index in [4.69, 9.17) is 12.2 Å². The molecule has 3 aromatic carbocycles. The van der Waals surface area contributed by atoms with Gasteiger partial charge in [0.05, 0.1) is 4.92 Å². The molecule has 1 heterocycles. The van der Waals surface area contributed by atoms with Crippen molar-refractivity contribution in [3.8, 4) is 0 Å². The molecule has 31 heavy (non-hydrogen) atoms. The van der Waals surface area contributed by atoms with Crippen molar-refractivity contribution in [2.45, 2.75) is 0 Å². The van der Waals surface area contributed by atoms with E-state index in [0.29, 0.717) is 5.56 Å². The van der Waals surface area contributed by atoms with Crippen molar-refractivity contribution in [2.75, 3.05) is 5.32 Å². The molecule has 0 fully saturated rings. The van der Waals surface area contributed by atoms with Crippen molar-refractivity contribution in [1.29, 1.82) is 0 Å². The molecule has 7 heteroatoms. The van der Waals surface area contributed by atoms with E-state index in [2.05, 4.69) is 5.32 Å². The Kier molecular flexibility index (Phi) is 5.68. The zero-order valence-corrected chi connectivity index (χ0v) is 17.1. The lowest BCUT2D eigenvalue weighted by Crippen LogP contribution is -2.39. The Morgan fingerprint density at radius 1 is 0.871 bits per heavy atom. The Morgan fingerprint density at radius 3 is 2.26 bits per heavy atom. The van der Waals surface area contributed by atoms with Crippen LogP contribution in [-0.2, 0) is 0 Å². The number of non-ortho nitro benzene ring substituents is 1. The summed E-state index contributed by atoms with van der Waals surface area (Å²) >= 11 is 5.65. The smallest absolute Gasteiger partial charge is 0.269 e. The molecule has 0 saturated carbocycles. The molecule has 0 spiro atoms. The number of rotatable bonds is 5. The molecule has 0 saturated heterocycles. The first-order valence-corrected chi connectivity index (χ1v) is 9.87. The normalized spacial score (nSPS) is 11.6. The van der Waals surface area contributed by atoms with Crippen molar-refractivity contribution in [3.05, 3.63) is 113 Å². The first kappa shape index (κ1) is 20.2. The molecule has 4 aromatic rings. The Hall–Kier alpha value is -4.10. The van der Waals surface area contributed by atoms with Crippen LogP contribution < -0.4 is 15.0 Å². The van der Waals surface area contributed by atoms with Crippen LogP contribution in [0.25, 0.3) is 22.2 Å². The fraction of sp³-hybridized carbons (Fsp3) is 0. The maximum Gasteiger partial charge on any atom is 0.269 e. The monoisotopic (exact) mass is 427 g/mol. The molecule has 1 N–H and O–H groups in total. The molecule has 0 atom stereocenters. The van der Waals surface area contributed by atoms with E-state index < -0.39 is 4.92 Å². The predicted octanol–water partition coefficient (Wildman–Crippen LogP) is 4.16. The number of pyridine rings is 1. The molecule has 0 aliphatic heterocycles. The van der Waals surface area contributed by atoms with Crippen LogP contribution in [0.15, 0.2) is 97.3 Å². The summed E-state index contributed by atoms with van der Waals surface area (Å²) in [5, 5.41) is 29.5. The summed E-state index contributed by atoms with van der Waals surface area (Å²) in [4.78, 5) is 10.7. The number of nitro benzene ring substituents is 1. The zero-order valence-electron chi connectivity index (χ0n) is 16.3. The van der Waals surface area contributed by atoms with Gasteiger partial charge in [-0.05, 0) is 34.9 Å². The number of nitrogens with one attached hydrogen (secondary N) is 1. The van der Waals surface area contributed by atoms with E-state index in [1.54, 1.807) is 29.1 Å². The van der Waals surface area contributed by atoms with Crippen molar-refractivity contribution >= 4 is 50.8 Å². The van der Waals surface area contributed by atoms with Gasteiger partial charge in [-0.1, -0.05) is 54.7 Å². The van der Waals surface area contributed by atoms with Gasteiger partial charge in [0.2, 0.25) is 5.70 Å². The highest BCUT2D eigenvalue weighted by atomic mass is 32.1. The SMILES string of the molecule is O=[N+]([O-])c1ccc(/C([O-])=C(/C(=S)Nc2cccc3ccccc23)[n+]2ccccc2)cc1. The number of thiocarbonyl (C=S) groups is 1. The lowest BCUT2D eigenvalue weighted by atomic mass is 10.1. The van der Waals surface area contributed by atoms with Crippen molar-refractivity contribution in [2.24, 2.45) is 0 Å². The van der Waals surface area contributed by atoms with Gasteiger partial charge in [0.1, 0.15) is 0 Å². The van der Waals surface area contributed by atoms with Crippen LogP contribution in [0, 0.1) is 10.1 Å². The first-order chi connectivity index (χ1) is 15.0. The lowest BCUT2D eigenvalue weighted by molar-refractivity contribution is -0.577. The molecule has 0 amide bonds. The molecule has 0 bridgehead atoms. The fourth-order valence-electron chi connectivity index (χ4n) is 3.27. The van der Waals surface area contributed by atoms with Gasteiger partial charge in [-0.15, -0.1) is 0 Å². The van der Waals surface area contributed by atoms with Crippen LogP contribution in [0.1, 0.15) is 5.56 Å². The van der Waals surface area contributed by atoms with E-state index in [0.717, 1.165) is 16.5 Å². The highest BCUT2D eigenvalue weighted by Gasteiger charge is 2.19. The average Bonchev–Trinajstić information content (AvgIpc) is 2.80. The summed E-state index contributed by atoms with van der Waals surface area (Å²) in [6.45, 7) is 0. The Balaban J connectivity index is 1.79. The molecule has 4 rings (SSSR count). The van der Waals surface area contributed by atoms with Crippen molar-refractivity contribution in [3.63, 3.8) is 0 Å². The van der Waals surface area contributed by atoms with E-state index in [9.17, 15) is 15.2 Å². The van der Waals surface area contributed by atoms with Crippen LogP contribution in [0.5, 0.6) is 0 Å². The third-order valence-electron chi connectivity index (χ3n) is 4.78. The molecule has 0 aliphatic carbocycles. The number of aromatic nitrogens is 1. The largest absolute Gasteiger partial charge is 0.867 e.